The molecule has 4 rings (SSSR count). The normalized spacial score (nSPS) is 10.4. The Morgan fingerprint density at radius 2 is 1.70 bits per heavy atom. The van der Waals surface area contributed by atoms with Gasteiger partial charge in [-0.15, -0.1) is 0 Å². The summed E-state index contributed by atoms with van der Waals surface area (Å²) in [6, 6.07) is 24.2. The maximum atomic E-state index is 13.4. The van der Waals surface area contributed by atoms with Crippen LogP contribution in [-0.4, -0.2) is 15.7 Å². The van der Waals surface area contributed by atoms with E-state index in [1.165, 1.54) is 12.1 Å². The van der Waals surface area contributed by atoms with Gasteiger partial charge in [0.05, 0.1) is 23.0 Å². The smallest absolute Gasteiger partial charge is 0.251 e. The molecular formula is C24H17FN4O. The molecule has 0 saturated carbocycles. The molecule has 0 spiro atoms. The number of hydrogen-bond acceptors (Lipinski definition) is 3. The first-order chi connectivity index (χ1) is 14.6. The first kappa shape index (κ1) is 19.1. The Balaban J connectivity index is 1.62. The van der Waals surface area contributed by atoms with E-state index in [0.717, 1.165) is 16.8 Å². The highest BCUT2D eigenvalue weighted by Crippen LogP contribution is 2.24. The molecular weight excluding hydrogens is 379 g/mol. The van der Waals surface area contributed by atoms with Gasteiger partial charge in [0.1, 0.15) is 5.82 Å². The van der Waals surface area contributed by atoms with Gasteiger partial charge >= 0.3 is 0 Å². The van der Waals surface area contributed by atoms with Gasteiger partial charge in [0.15, 0.2) is 0 Å². The van der Waals surface area contributed by atoms with E-state index in [4.69, 9.17) is 5.26 Å². The van der Waals surface area contributed by atoms with Crippen molar-refractivity contribution in [1.29, 1.82) is 5.26 Å². The third-order valence-electron chi connectivity index (χ3n) is 4.64. The lowest BCUT2D eigenvalue weighted by atomic mass is 10.1. The second-order valence-electron chi connectivity index (χ2n) is 6.66. The zero-order valence-electron chi connectivity index (χ0n) is 15.9. The van der Waals surface area contributed by atoms with Crippen molar-refractivity contribution in [2.24, 2.45) is 0 Å². The second-order valence-corrected chi connectivity index (χ2v) is 6.66. The largest absolute Gasteiger partial charge is 0.348 e. The van der Waals surface area contributed by atoms with Crippen molar-refractivity contribution < 1.29 is 9.18 Å². The number of nitrogens with one attached hydrogen (secondary N) is 1. The van der Waals surface area contributed by atoms with Crippen molar-refractivity contribution >= 4 is 5.91 Å². The molecule has 30 heavy (non-hydrogen) atoms. The highest BCUT2D eigenvalue weighted by Gasteiger charge is 2.14. The van der Waals surface area contributed by atoms with Crippen LogP contribution in [0.5, 0.6) is 0 Å². The van der Waals surface area contributed by atoms with Gasteiger partial charge in [0.2, 0.25) is 0 Å². The van der Waals surface area contributed by atoms with Gasteiger partial charge < -0.3 is 5.32 Å². The number of carbonyl (C=O) groups is 1. The van der Waals surface area contributed by atoms with Crippen molar-refractivity contribution in [2.45, 2.75) is 6.54 Å². The van der Waals surface area contributed by atoms with Crippen molar-refractivity contribution in [3.63, 3.8) is 0 Å². The van der Waals surface area contributed by atoms with Crippen molar-refractivity contribution in [1.82, 2.24) is 15.1 Å². The molecule has 0 fully saturated rings. The van der Waals surface area contributed by atoms with Gasteiger partial charge in [-0.1, -0.05) is 18.2 Å². The third-order valence-corrected chi connectivity index (χ3v) is 4.64. The standard InChI is InChI=1S/C24H17FN4O/c25-21-12-10-18(11-13-21)23-20(16-29(28-23)22-4-2-1-3-5-22)15-27-24(30)19-8-6-17(14-26)7-9-19/h1-13,16H,15H2,(H,27,30). The Labute approximate surface area is 173 Å². The monoisotopic (exact) mass is 396 g/mol. The summed E-state index contributed by atoms with van der Waals surface area (Å²) in [5, 5.41) is 16.4. The summed E-state index contributed by atoms with van der Waals surface area (Å²) >= 11 is 0. The molecule has 0 aliphatic carbocycles. The molecule has 0 unspecified atom stereocenters. The van der Waals surface area contributed by atoms with Gasteiger partial charge in [0.25, 0.3) is 5.91 Å². The number of amides is 1. The molecule has 0 saturated heterocycles. The number of nitriles is 1. The van der Waals surface area contributed by atoms with E-state index < -0.39 is 0 Å². The van der Waals surface area contributed by atoms with Crippen LogP contribution in [0.15, 0.2) is 85.1 Å². The maximum absolute atomic E-state index is 13.4. The Kier molecular flexibility index (Phi) is 5.35. The fraction of sp³-hybridized carbons (Fsp3) is 0.0417. The van der Waals surface area contributed by atoms with Crippen LogP contribution in [0.3, 0.4) is 0 Å². The topological polar surface area (TPSA) is 70.7 Å². The molecule has 5 nitrogen and oxygen atoms in total. The number of hydrogen-bond donors (Lipinski definition) is 1. The molecule has 4 aromatic rings. The number of para-hydroxylation sites is 1. The molecule has 0 bridgehead atoms. The number of rotatable bonds is 5. The van der Waals surface area contributed by atoms with Gasteiger partial charge in [-0.2, -0.15) is 10.4 Å². The molecule has 1 aromatic heterocycles. The molecule has 3 aromatic carbocycles. The van der Waals surface area contributed by atoms with E-state index >= 15 is 0 Å². The third kappa shape index (κ3) is 4.10. The fourth-order valence-electron chi connectivity index (χ4n) is 3.08. The summed E-state index contributed by atoms with van der Waals surface area (Å²) in [5.74, 6) is -0.575. The minimum Gasteiger partial charge on any atom is -0.348 e. The highest BCUT2D eigenvalue weighted by atomic mass is 19.1. The summed E-state index contributed by atoms with van der Waals surface area (Å²) in [4.78, 5) is 12.5. The number of aromatic nitrogens is 2. The lowest BCUT2D eigenvalue weighted by Gasteiger charge is -2.06. The molecule has 1 heterocycles. The van der Waals surface area contributed by atoms with Gasteiger partial charge in [0, 0.05) is 29.4 Å². The average molecular weight is 396 g/mol. The SMILES string of the molecule is N#Cc1ccc(C(=O)NCc2cn(-c3ccccc3)nc2-c2ccc(F)cc2)cc1. The molecule has 146 valence electrons. The van der Waals surface area contributed by atoms with E-state index in [2.05, 4.69) is 10.4 Å². The summed E-state index contributed by atoms with van der Waals surface area (Å²) in [5.41, 5.74) is 4.06. The van der Waals surface area contributed by atoms with E-state index in [0.29, 0.717) is 16.8 Å². The van der Waals surface area contributed by atoms with Crippen LogP contribution in [0, 0.1) is 17.1 Å². The highest BCUT2D eigenvalue weighted by molar-refractivity contribution is 5.94. The van der Waals surface area contributed by atoms with E-state index in [-0.39, 0.29) is 18.3 Å². The minimum absolute atomic E-state index is 0.248. The molecule has 0 radical (unpaired) electrons. The maximum Gasteiger partial charge on any atom is 0.251 e. The minimum atomic E-state index is -0.322. The van der Waals surface area contributed by atoms with E-state index in [1.807, 2.05) is 42.6 Å². The number of halogens is 1. The van der Waals surface area contributed by atoms with E-state index in [9.17, 15) is 9.18 Å². The molecule has 0 aliphatic heterocycles. The molecule has 1 N–H and O–H groups in total. The van der Waals surface area contributed by atoms with Crippen LogP contribution < -0.4 is 5.32 Å². The van der Waals surface area contributed by atoms with Gasteiger partial charge in [-0.3, -0.25) is 4.79 Å². The Hall–Kier alpha value is -4.24. The van der Waals surface area contributed by atoms with Crippen LogP contribution in [0.1, 0.15) is 21.5 Å². The fourth-order valence-corrected chi connectivity index (χ4v) is 3.08. The van der Waals surface area contributed by atoms with Crippen LogP contribution in [0.4, 0.5) is 4.39 Å². The van der Waals surface area contributed by atoms with Crippen molar-refractivity contribution in [3.8, 4) is 23.0 Å². The zero-order chi connectivity index (χ0) is 20.9. The first-order valence-electron chi connectivity index (χ1n) is 9.32. The molecule has 1 amide bonds. The van der Waals surface area contributed by atoms with Gasteiger partial charge in [-0.25, -0.2) is 9.07 Å². The quantitative estimate of drug-likeness (QED) is 0.541. The average Bonchev–Trinajstić information content (AvgIpc) is 3.23. The predicted octanol–water partition coefficient (Wildman–Crippen LogP) is 4.48. The Bertz CT molecular complexity index is 1210. The lowest BCUT2D eigenvalue weighted by molar-refractivity contribution is 0.0951. The van der Waals surface area contributed by atoms with Crippen LogP contribution in [-0.2, 0) is 6.54 Å². The van der Waals surface area contributed by atoms with Crippen molar-refractivity contribution in [3.05, 3.63) is 108 Å². The van der Waals surface area contributed by atoms with E-state index in [1.54, 1.807) is 41.1 Å². The molecule has 0 atom stereocenters. The van der Waals surface area contributed by atoms with Crippen LogP contribution in [0.2, 0.25) is 0 Å². The lowest BCUT2D eigenvalue weighted by Crippen LogP contribution is -2.22. The number of nitrogens with zero attached hydrogens (tertiary/aromatic N) is 3. The summed E-state index contributed by atoms with van der Waals surface area (Å²) in [6.45, 7) is 0.248. The number of benzene rings is 3. The summed E-state index contributed by atoms with van der Waals surface area (Å²) in [6.07, 6.45) is 1.85. The summed E-state index contributed by atoms with van der Waals surface area (Å²) in [7, 11) is 0. The summed E-state index contributed by atoms with van der Waals surface area (Å²) < 4.78 is 15.1. The Morgan fingerprint density at radius 3 is 2.37 bits per heavy atom. The Morgan fingerprint density at radius 1 is 1.00 bits per heavy atom. The van der Waals surface area contributed by atoms with Gasteiger partial charge in [-0.05, 0) is 60.7 Å². The zero-order valence-corrected chi connectivity index (χ0v) is 15.9. The predicted molar refractivity (Wildman–Crippen MR) is 111 cm³/mol. The van der Waals surface area contributed by atoms with Crippen LogP contribution >= 0.6 is 0 Å². The van der Waals surface area contributed by atoms with Crippen LogP contribution in [0.25, 0.3) is 16.9 Å². The second kappa shape index (κ2) is 8.41. The van der Waals surface area contributed by atoms with Crippen molar-refractivity contribution in [2.75, 3.05) is 0 Å². The first-order valence-corrected chi connectivity index (χ1v) is 9.32. The number of carbonyl (C=O) groups excluding carboxylic acids is 1. The molecule has 6 heteroatoms. The molecule has 0 aliphatic rings.